The quantitative estimate of drug-likeness (QED) is 0.712. The number of carbonyl (C=O) groups excluding carboxylic acids is 2. The molecule has 27 heavy (non-hydrogen) atoms. The third-order valence-corrected chi connectivity index (χ3v) is 4.11. The van der Waals surface area contributed by atoms with E-state index < -0.39 is 17.9 Å². The van der Waals surface area contributed by atoms with E-state index in [1.54, 1.807) is 25.1 Å². The highest BCUT2D eigenvalue weighted by molar-refractivity contribution is 6.32. The zero-order valence-electron chi connectivity index (χ0n) is 15.5. The lowest BCUT2D eigenvalue weighted by molar-refractivity contribution is -0.133. The average molecular weight is 391 g/mol. The maximum absolute atomic E-state index is 12.1. The molecule has 0 heterocycles. The number of aryl methyl sites for hydroxylation is 2. The predicted molar refractivity (Wildman–Crippen MR) is 104 cm³/mol. The second-order valence-electron chi connectivity index (χ2n) is 5.98. The number of hydrogen-bond donors (Lipinski definition) is 2. The van der Waals surface area contributed by atoms with Crippen LogP contribution in [0.2, 0.25) is 5.02 Å². The minimum Gasteiger partial charge on any atom is -0.483 e. The van der Waals surface area contributed by atoms with Gasteiger partial charge in [-0.15, -0.1) is 0 Å². The molecule has 7 heteroatoms. The van der Waals surface area contributed by atoms with E-state index in [2.05, 4.69) is 10.9 Å². The van der Waals surface area contributed by atoms with Crippen molar-refractivity contribution >= 4 is 23.4 Å². The van der Waals surface area contributed by atoms with Gasteiger partial charge in [0.2, 0.25) is 0 Å². The van der Waals surface area contributed by atoms with Crippen LogP contribution in [0.5, 0.6) is 11.5 Å². The van der Waals surface area contributed by atoms with Crippen LogP contribution in [-0.4, -0.2) is 24.5 Å². The lowest BCUT2D eigenvalue weighted by Gasteiger charge is -2.16. The summed E-state index contributed by atoms with van der Waals surface area (Å²) in [5.41, 5.74) is 6.59. The number of carbonyl (C=O) groups is 2. The van der Waals surface area contributed by atoms with E-state index in [1.807, 2.05) is 38.1 Å². The first-order valence-electron chi connectivity index (χ1n) is 8.63. The fraction of sp³-hybridized carbons (Fsp3) is 0.300. The Balaban J connectivity index is 1.80. The first-order valence-corrected chi connectivity index (χ1v) is 9.00. The monoisotopic (exact) mass is 390 g/mol. The van der Waals surface area contributed by atoms with E-state index in [4.69, 9.17) is 21.1 Å². The number of nitrogens with one attached hydrogen (secondary N) is 2. The first-order chi connectivity index (χ1) is 12.9. The SMILES string of the molecule is CCc1ccccc1OCC(=O)NNC(=O)C(C)Oc1cc(C)ccc1Cl. The largest absolute Gasteiger partial charge is 0.483 e. The normalized spacial score (nSPS) is 11.4. The number of hydrazine groups is 1. The number of amides is 2. The van der Waals surface area contributed by atoms with E-state index in [-0.39, 0.29) is 6.61 Å². The van der Waals surface area contributed by atoms with Crippen LogP contribution in [0.4, 0.5) is 0 Å². The molecule has 2 rings (SSSR count). The van der Waals surface area contributed by atoms with Gasteiger partial charge in [0.1, 0.15) is 11.5 Å². The highest BCUT2D eigenvalue weighted by Gasteiger charge is 2.17. The number of halogens is 1. The van der Waals surface area contributed by atoms with Crippen molar-refractivity contribution in [1.82, 2.24) is 10.9 Å². The molecule has 0 aromatic heterocycles. The third-order valence-electron chi connectivity index (χ3n) is 3.80. The zero-order chi connectivity index (χ0) is 19.8. The molecular weight excluding hydrogens is 368 g/mol. The van der Waals surface area contributed by atoms with E-state index in [9.17, 15) is 9.59 Å². The topological polar surface area (TPSA) is 76.7 Å². The van der Waals surface area contributed by atoms with Crippen LogP contribution in [0.25, 0.3) is 0 Å². The molecule has 2 aromatic rings. The highest BCUT2D eigenvalue weighted by Crippen LogP contribution is 2.26. The van der Waals surface area contributed by atoms with Crippen LogP contribution in [0.1, 0.15) is 25.0 Å². The second kappa shape index (κ2) is 9.83. The van der Waals surface area contributed by atoms with Gasteiger partial charge in [0.15, 0.2) is 12.7 Å². The van der Waals surface area contributed by atoms with Crippen LogP contribution in [0.15, 0.2) is 42.5 Å². The Morgan fingerprint density at radius 1 is 1.11 bits per heavy atom. The molecule has 2 amide bonds. The molecule has 0 aliphatic carbocycles. The summed E-state index contributed by atoms with van der Waals surface area (Å²) in [6, 6.07) is 12.8. The minimum atomic E-state index is -0.841. The second-order valence-corrected chi connectivity index (χ2v) is 6.39. The van der Waals surface area contributed by atoms with Gasteiger partial charge in [0.25, 0.3) is 11.8 Å². The Hall–Kier alpha value is -2.73. The van der Waals surface area contributed by atoms with Crippen LogP contribution in [0.3, 0.4) is 0 Å². The molecule has 0 aliphatic rings. The maximum Gasteiger partial charge on any atom is 0.279 e. The Morgan fingerprint density at radius 2 is 1.85 bits per heavy atom. The molecule has 0 saturated carbocycles. The number of ether oxygens (including phenoxy) is 2. The first kappa shape index (κ1) is 20.6. The van der Waals surface area contributed by atoms with E-state index in [0.717, 1.165) is 17.5 Å². The van der Waals surface area contributed by atoms with Crippen LogP contribution in [-0.2, 0) is 16.0 Å². The summed E-state index contributed by atoms with van der Waals surface area (Å²) in [7, 11) is 0. The lowest BCUT2D eigenvalue weighted by atomic mass is 10.1. The molecule has 0 radical (unpaired) electrons. The fourth-order valence-electron chi connectivity index (χ4n) is 2.29. The number of rotatable bonds is 7. The van der Waals surface area contributed by atoms with Crippen molar-refractivity contribution in [2.24, 2.45) is 0 Å². The molecule has 2 N–H and O–H groups in total. The molecule has 0 saturated heterocycles. The summed E-state index contributed by atoms with van der Waals surface area (Å²) >= 11 is 6.05. The van der Waals surface area contributed by atoms with Gasteiger partial charge in [-0.1, -0.05) is 42.8 Å². The van der Waals surface area contributed by atoms with Gasteiger partial charge in [0.05, 0.1) is 5.02 Å². The van der Waals surface area contributed by atoms with Gasteiger partial charge in [0, 0.05) is 0 Å². The molecule has 1 unspecified atom stereocenters. The van der Waals surface area contributed by atoms with Crippen molar-refractivity contribution < 1.29 is 19.1 Å². The molecule has 0 fully saturated rings. The minimum absolute atomic E-state index is 0.212. The van der Waals surface area contributed by atoms with Crippen LogP contribution >= 0.6 is 11.6 Å². The van der Waals surface area contributed by atoms with Gasteiger partial charge in [-0.2, -0.15) is 0 Å². The number of benzene rings is 2. The van der Waals surface area contributed by atoms with Gasteiger partial charge in [-0.25, -0.2) is 0 Å². The van der Waals surface area contributed by atoms with Gasteiger partial charge < -0.3 is 9.47 Å². The molecule has 1 atom stereocenters. The third kappa shape index (κ3) is 6.18. The zero-order valence-corrected chi connectivity index (χ0v) is 16.3. The summed E-state index contributed by atoms with van der Waals surface area (Å²) in [6.45, 7) is 5.25. The van der Waals surface area contributed by atoms with Crippen LogP contribution in [0, 0.1) is 6.92 Å². The van der Waals surface area contributed by atoms with Crippen molar-refractivity contribution in [1.29, 1.82) is 0 Å². The summed E-state index contributed by atoms with van der Waals surface area (Å²) in [5, 5.41) is 0.410. The lowest BCUT2D eigenvalue weighted by Crippen LogP contribution is -2.48. The summed E-state index contributed by atoms with van der Waals surface area (Å²) < 4.78 is 11.0. The molecular formula is C20H23ClN2O4. The van der Waals surface area contributed by atoms with Gasteiger partial charge >= 0.3 is 0 Å². The fourth-order valence-corrected chi connectivity index (χ4v) is 2.46. The van der Waals surface area contributed by atoms with Crippen molar-refractivity contribution in [3.63, 3.8) is 0 Å². The standard InChI is InChI=1S/C20H23ClN2O4/c1-4-15-7-5-6-8-17(15)26-12-19(24)22-23-20(25)14(3)27-18-11-13(2)9-10-16(18)21/h5-11,14H,4,12H2,1-3H3,(H,22,24)(H,23,25). The van der Waals surface area contributed by atoms with E-state index >= 15 is 0 Å². The van der Waals surface area contributed by atoms with Crippen molar-refractivity contribution in [3.8, 4) is 11.5 Å². The van der Waals surface area contributed by atoms with E-state index in [0.29, 0.717) is 16.5 Å². The molecule has 0 aliphatic heterocycles. The van der Waals surface area contributed by atoms with Crippen molar-refractivity contribution in [2.45, 2.75) is 33.3 Å². The Labute approximate surface area is 163 Å². The Kier molecular flexibility index (Phi) is 7.49. The summed E-state index contributed by atoms with van der Waals surface area (Å²) in [4.78, 5) is 24.0. The Bertz CT molecular complexity index is 810. The average Bonchev–Trinajstić information content (AvgIpc) is 2.67. The number of para-hydroxylation sites is 1. The van der Waals surface area contributed by atoms with Crippen molar-refractivity contribution in [2.75, 3.05) is 6.61 Å². The highest BCUT2D eigenvalue weighted by atomic mass is 35.5. The molecule has 0 bridgehead atoms. The molecule has 2 aromatic carbocycles. The maximum atomic E-state index is 12.1. The van der Waals surface area contributed by atoms with Crippen LogP contribution < -0.4 is 20.3 Å². The smallest absolute Gasteiger partial charge is 0.279 e. The summed E-state index contributed by atoms with van der Waals surface area (Å²) in [5.74, 6) is 0.0716. The van der Waals surface area contributed by atoms with Crippen molar-refractivity contribution in [3.05, 3.63) is 58.6 Å². The number of hydrogen-bond acceptors (Lipinski definition) is 4. The predicted octanol–water partition coefficient (Wildman–Crippen LogP) is 3.20. The van der Waals surface area contributed by atoms with Gasteiger partial charge in [-0.05, 0) is 49.6 Å². The molecule has 0 spiro atoms. The van der Waals surface area contributed by atoms with E-state index in [1.165, 1.54) is 0 Å². The Morgan fingerprint density at radius 3 is 2.59 bits per heavy atom. The molecule has 144 valence electrons. The summed E-state index contributed by atoms with van der Waals surface area (Å²) in [6.07, 6.45) is -0.0448. The molecule has 6 nitrogen and oxygen atoms in total. The van der Waals surface area contributed by atoms with Gasteiger partial charge in [-0.3, -0.25) is 20.4 Å².